The summed E-state index contributed by atoms with van der Waals surface area (Å²) in [4.78, 5) is 14.6. The maximum Gasteiger partial charge on any atom is 0.337 e. The summed E-state index contributed by atoms with van der Waals surface area (Å²) in [7, 11) is 1.38. The number of pyridine rings is 1. The van der Waals surface area contributed by atoms with E-state index in [9.17, 15) is 4.79 Å². The summed E-state index contributed by atoms with van der Waals surface area (Å²) in [5.74, 6) is -0.954. The minimum absolute atomic E-state index is 0.0161. The van der Waals surface area contributed by atoms with Gasteiger partial charge in [0.25, 0.3) is 0 Å². The van der Waals surface area contributed by atoms with E-state index >= 15 is 0 Å². The molecule has 0 aromatic carbocycles. The lowest BCUT2D eigenvalue weighted by Gasteiger charge is -2.05. The van der Waals surface area contributed by atoms with Gasteiger partial charge in [0.2, 0.25) is 5.88 Å². The Kier molecular flexibility index (Phi) is 2.67. The second kappa shape index (κ2) is 3.75. The molecule has 0 radical (unpaired) electrons. The number of nitriles is 1. The van der Waals surface area contributed by atoms with Crippen LogP contribution in [0.5, 0.6) is 5.88 Å². The van der Waals surface area contributed by atoms with Crippen molar-refractivity contribution < 1.29 is 14.6 Å². The van der Waals surface area contributed by atoms with Crippen LogP contribution < -0.4 is 4.74 Å². The van der Waals surface area contributed by atoms with Gasteiger partial charge in [-0.15, -0.1) is 0 Å². The number of ether oxygens (including phenoxy) is 1. The molecule has 1 aromatic rings. The lowest BCUT2D eigenvalue weighted by atomic mass is 10.1. The molecule has 0 saturated carbocycles. The molecule has 0 spiro atoms. The van der Waals surface area contributed by atoms with Gasteiger partial charge < -0.3 is 9.84 Å². The summed E-state index contributed by atoms with van der Waals surface area (Å²) in [5.41, 5.74) is 0.464. The zero-order chi connectivity index (χ0) is 10.7. The minimum atomic E-state index is -1.10. The highest BCUT2D eigenvalue weighted by atomic mass is 16.5. The zero-order valence-corrected chi connectivity index (χ0v) is 7.74. The Labute approximate surface area is 80.6 Å². The van der Waals surface area contributed by atoms with E-state index < -0.39 is 5.97 Å². The van der Waals surface area contributed by atoms with Crippen LogP contribution in [0.3, 0.4) is 0 Å². The molecule has 0 fully saturated rings. The van der Waals surface area contributed by atoms with Crippen LogP contribution in [0.1, 0.15) is 21.6 Å². The first-order chi connectivity index (χ1) is 6.60. The zero-order valence-electron chi connectivity index (χ0n) is 7.74. The van der Waals surface area contributed by atoms with Crippen molar-refractivity contribution in [1.82, 2.24) is 4.98 Å². The average Bonchev–Trinajstić information content (AvgIpc) is 2.16. The summed E-state index contributed by atoms with van der Waals surface area (Å²) in [6, 6.07) is 3.07. The molecule has 0 unspecified atom stereocenters. The van der Waals surface area contributed by atoms with E-state index in [-0.39, 0.29) is 17.0 Å². The molecule has 0 aliphatic rings. The molecule has 0 amide bonds. The predicted molar refractivity (Wildman–Crippen MR) is 47.2 cm³/mol. The molecule has 5 heteroatoms. The fourth-order valence-corrected chi connectivity index (χ4v) is 1.04. The van der Waals surface area contributed by atoms with Gasteiger partial charge in [-0.1, -0.05) is 0 Å². The maximum absolute atomic E-state index is 10.7. The molecule has 14 heavy (non-hydrogen) atoms. The first-order valence-electron chi connectivity index (χ1n) is 3.79. The molecule has 1 aromatic heterocycles. The lowest BCUT2D eigenvalue weighted by molar-refractivity contribution is 0.0695. The molecule has 5 nitrogen and oxygen atoms in total. The van der Waals surface area contributed by atoms with Gasteiger partial charge in [-0.2, -0.15) is 5.26 Å². The van der Waals surface area contributed by atoms with Gasteiger partial charge in [0, 0.05) is 0 Å². The first kappa shape index (κ1) is 9.99. The molecule has 0 atom stereocenters. The summed E-state index contributed by atoms with van der Waals surface area (Å²) in [6.45, 7) is 1.55. The summed E-state index contributed by atoms with van der Waals surface area (Å²) < 4.78 is 4.83. The summed E-state index contributed by atoms with van der Waals surface area (Å²) in [5, 5.41) is 17.4. The van der Waals surface area contributed by atoms with Gasteiger partial charge in [0.15, 0.2) is 0 Å². The van der Waals surface area contributed by atoms with Crippen LogP contribution in [0, 0.1) is 18.3 Å². The van der Waals surface area contributed by atoms with Crippen LogP contribution in [0.2, 0.25) is 0 Å². The number of methoxy groups -OCH3 is 1. The van der Waals surface area contributed by atoms with E-state index in [4.69, 9.17) is 15.1 Å². The van der Waals surface area contributed by atoms with Crippen molar-refractivity contribution in [2.45, 2.75) is 6.92 Å². The Morgan fingerprint density at radius 1 is 1.71 bits per heavy atom. The smallest absolute Gasteiger partial charge is 0.337 e. The molecular weight excluding hydrogens is 184 g/mol. The maximum atomic E-state index is 10.7. The van der Waals surface area contributed by atoms with Gasteiger partial charge in [-0.3, -0.25) is 0 Å². The molecule has 1 heterocycles. The number of rotatable bonds is 2. The van der Waals surface area contributed by atoms with Crippen LogP contribution in [0.25, 0.3) is 0 Å². The summed E-state index contributed by atoms with van der Waals surface area (Å²) >= 11 is 0. The lowest BCUT2D eigenvalue weighted by Crippen LogP contribution is -2.04. The molecule has 0 bridgehead atoms. The number of aromatic carboxylic acids is 1. The van der Waals surface area contributed by atoms with E-state index in [2.05, 4.69) is 4.98 Å². The van der Waals surface area contributed by atoms with Crippen LogP contribution in [0.15, 0.2) is 6.07 Å². The third kappa shape index (κ3) is 1.64. The van der Waals surface area contributed by atoms with Crippen LogP contribution in [-0.4, -0.2) is 23.2 Å². The van der Waals surface area contributed by atoms with E-state index in [0.717, 1.165) is 0 Å². The molecular formula is C9H8N2O3. The SMILES string of the molecule is COc1nc(C)c(C(=O)O)cc1C#N. The predicted octanol–water partition coefficient (Wildman–Crippen LogP) is 0.968. The normalized spacial score (nSPS) is 9.21. The van der Waals surface area contributed by atoms with E-state index in [1.807, 2.05) is 6.07 Å². The molecule has 0 aliphatic carbocycles. The standard InChI is InChI=1S/C9H8N2O3/c1-5-7(9(12)13)3-6(4-10)8(11-5)14-2/h3H,1-2H3,(H,12,13). The summed E-state index contributed by atoms with van der Waals surface area (Å²) in [6.07, 6.45) is 0. The molecule has 1 N–H and O–H groups in total. The van der Waals surface area contributed by atoms with E-state index in [1.165, 1.54) is 13.2 Å². The van der Waals surface area contributed by atoms with Crippen molar-refractivity contribution in [2.24, 2.45) is 0 Å². The Morgan fingerprint density at radius 2 is 2.36 bits per heavy atom. The highest BCUT2D eigenvalue weighted by Crippen LogP contribution is 2.18. The molecule has 0 saturated heterocycles. The van der Waals surface area contributed by atoms with Crippen LogP contribution in [0.4, 0.5) is 0 Å². The van der Waals surface area contributed by atoms with Gasteiger partial charge in [-0.25, -0.2) is 9.78 Å². The number of carboxylic acid groups (broad SMARTS) is 1. The second-order valence-corrected chi connectivity index (χ2v) is 2.60. The average molecular weight is 192 g/mol. The third-order valence-corrected chi connectivity index (χ3v) is 1.72. The van der Waals surface area contributed by atoms with E-state index in [1.54, 1.807) is 6.92 Å². The highest BCUT2D eigenvalue weighted by Gasteiger charge is 2.13. The van der Waals surface area contributed by atoms with Gasteiger partial charge in [0.1, 0.15) is 11.6 Å². The largest absolute Gasteiger partial charge is 0.480 e. The number of hydrogen-bond acceptors (Lipinski definition) is 4. The van der Waals surface area contributed by atoms with E-state index in [0.29, 0.717) is 5.69 Å². The Morgan fingerprint density at radius 3 is 2.79 bits per heavy atom. The van der Waals surface area contributed by atoms with Gasteiger partial charge in [-0.05, 0) is 13.0 Å². The monoisotopic (exact) mass is 192 g/mol. The van der Waals surface area contributed by atoms with Crippen molar-refractivity contribution in [3.63, 3.8) is 0 Å². The van der Waals surface area contributed by atoms with Crippen molar-refractivity contribution in [2.75, 3.05) is 7.11 Å². The Bertz CT molecular complexity index is 421. The molecule has 1 rings (SSSR count). The molecule has 0 aliphatic heterocycles. The number of hydrogen-bond donors (Lipinski definition) is 1. The first-order valence-corrected chi connectivity index (χ1v) is 3.79. The number of aromatic nitrogens is 1. The fraction of sp³-hybridized carbons (Fsp3) is 0.222. The van der Waals surface area contributed by atoms with Gasteiger partial charge >= 0.3 is 5.97 Å². The quantitative estimate of drug-likeness (QED) is 0.754. The van der Waals surface area contributed by atoms with Gasteiger partial charge in [0.05, 0.1) is 18.4 Å². The minimum Gasteiger partial charge on any atom is -0.480 e. The van der Waals surface area contributed by atoms with Crippen molar-refractivity contribution in [3.8, 4) is 11.9 Å². The van der Waals surface area contributed by atoms with Crippen molar-refractivity contribution >= 4 is 5.97 Å². The Hall–Kier alpha value is -2.09. The number of aryl methyl sites for hydroxylation is 1. The molecule has 72 valence electrons. The Balaban J connectivity index is 3.40. The number of nitrogens with zero attached hydrogens (tertiary/aromatic N) is 2. The topological polar surface area (TPSA) is 83.2 Å². The van der Waals surface area contributed by atoms with Crippen molar-refractivity contribution in [3.05, 3.63) is 22.9 Å². The fourth-order valence-electron chi connectivity index (χ4n) is 1.04. The highest BCUT2D eigenvalue weighted by molar-refractivity contribution is 5.89. The third-order valence-electron chi connectivity index (χ3n) is 1.72. The second-order valence-electron chi connectivity index (χ2n) is 2.60. The van der Waals surface area contributed by atoms with Crippen LogP contribution in [-0.2, 0) is 0 Å². The van der Waals surface area contributed by atoms with Crippen LogP contribution >= 0.6 is 0 Å². The number of carboxylic acids is 1. The van der Waals surface area contributed by atoms with Crippen molar-refractivity contribution in [1.29, 1.82) is 5.26 Å². The number of carbonyl (C=O) groups is 1.